The molecule has 2 N–H and O–H groups in total. The minimum Gasteiger partial charge on any atom is -0.492 e. The second-order valence-corrected chi connectivity index (χ2v) is 7.74. The van der Waals surface area contributed by atoms with Crippen LogP contribution in [-0.4, -0.2) is 34.0 Å². The summed E-state index contributed by atoms with van der Waals surface area (Å²) in [6.45, 7) is 4.63. The molecule has 0 atom stereocenters. The molecule has 0 aliphatic heterocycles. The third-order valence-corrected chi connectivity index (χ3v) is 5.17. The van der Waals surface area contributed by atoms with Crippen molar-refractivity contribution in [3.8, 4) is 5.75 Å². The summed E-state index contributed by atoms with van der Waals surface area (Å²) in [4.78, 5) is 12.0. The van der Waals surface area contributed by atoms with Crippen LogP contribution in [0.4, 0.5) is 0 Å². The predicted octanol–water partition coefficient (Wildman–Crippen LogP) is 2.17. The smallest absolute Gasteiger partial charge is 0.240 e. The van der Waals surface area contributed by atoms with E-state index in [-0.39, 0.29) is 23.8 Å². The number of sulfonamides is 1. The van der Waals surface area contributed by atoms with Crippen molar-refractivity contribution in [3.63, 3.8) is 0 Å². The van der Waals surface area contributed by atoms with Crippen LogP contribution in [0, 0.1) is 13.8 Å². The number of hydrogen-bond donors (Lipinski definition) is 2. The number of nitrogens with one attached hydrogen (secondary N) is 2. The first-order valence-corrected chi connectivity index (χ1v) is 9.88. The zero-order valence-electron chi connectivity index (χ0n) is 15.0. The Bertz CT molecular complexity index is 816. The molecule has 0 heterocycles. The lowest BCUT2D eigenvalue weighted by Gasteiger charge is -2.09. The fourth-order valence-corrected chi connectivity index (χ4v) is 3.21. The molecule has 0 bridgehead atoms. The Morgan fingerprint density at radius 1 is 0.923 bits per heavy atom. The minimum absolute atomic E-state index is 0.0425. The summed E-state index contributed by atoms with van der Waals surface area (Å²) in [5, 5.41) is 2.70. The zero-order chi connectivity index (χ0) is 19.0. The highest BCUT2D eigenvalue weighted by Gasteiger charge is 2.13. The van der Waals surface area contributed by atoms with Crippen LogP contribution in [0.15, 0.2) is 53.4 Å². The second-order valence-electron chi connectivity index (χ2n) is 5.97. The third kappa shape index (κ3) is 6.50. The lowest BCUT2D eigenvalue weighted by atomic mass is 10.2. The topological polar surface area (TPSA) is 84.5 Å². The Kier molecular flexibility index (Phi) is 7.17. The first-order chi connectivity index (χ1) is 12.4. The van der Waals surface area contributed by atoms with Crippen molar-refractivity contribution in [3.05, 3.63) is 59.7 Å². The van der Waals surface area contributed by atoms with Gasteiger partial charge in [0.1, 0.15) is 12.4 Å². The molecule has 0 fully saturated rings. The Balaban J connectivity index is 1.65. The molecule has 0 radical (unpaired) electrons. The Labute approximate surface area is 154 Å². The number of carbonyl (C=O) groups is 1. The summed E-state index contributed by atoms with van der Waals surface area (Å²) in [6, 6.07) is 14.2. The average Bonchev–Trinajstić information content (AvgIpc) is 2.60. The molecule has 2 aromatic carbocycles. The van der Waals surface area contributed by atoms with Crippen molar-refractivity contribution >= 4 is 15.9 Å². The van der Waals surface area contributed by atoms with Gasteiger partial charge in [-0.05, 0) is 38.1 Å². The van der Waals surface area contributed by atoms with Gasteiger partial charge < -0.3 is 10.1 Å². The van der Waals surface area contributed by atoms with Gasteiger partial charge in [0.05, 0.1) is 11.4 Å². The van der Waals surface area contributed by atoms with E-state index >= 15 is 0 Å². The molecule has 0 aliphatic carbocycles. The maximum absolute atomic E-state index is 12.1. The van der Waals surface area contributed by atoms with E-state index < -0.39 is 10.0 Å². The Morgan fingerprint density at radius 2 is 1.50 bits per heavy atom. The molecule has 1 amide bonds. The van der Waals surface area contributed by atoms with Crippen molar-refractivity contribution in [2.24, 2.45) is 0 Å². The van der Waals surface area contributed by atoms with Gasteiger partial charge in [0, 0.05) is 13.0 Å². The molecule has 0 spiro atoms. The van der Waals surface area contributed by atoms with Crippen molar-refractivity contribution in [2.75, 3.05) is 19.7 Å². The fraction of sp³-hybridized carbons (Fsp3) is 0.316. The molecule has 140 valence electrons. The molecule has 6 nitrogen and oxygen atoms in total. The molecule has 2 aromatic rings. The molecule has 7 heteroatoms. The Morgan fingerprint density at radius 3 is 2.12 bits per heavy atom. The molecule has 0 saturated carbocycles. The van der Waals surface area contributed by atoms with Gasteiger partial charge in [-0.3, -0.25) is 4.79 Å². The number of hydrogen-bond acceptors (Lipinski definition) is 4. The van der Waals surface area contributed by atoms with Crippen LogP contribution in [0.5, 0.6) is 5.75 Å². The van der Waals surface area contributed by atoms with E-state index in [1.807, 2.05) is 38.1 Å². The third-order valence-electron chi connectivity index (χ3n) is 3.69. The number of rotatable bonds is 9. The van der Waals surface area contributed by atoms with Crippen molar-refractivity contribution in [2.45, 2.75) is 25.2 Å². The van der Waals surface area contributed by atoms with E-state index in [9.17, 15) is 13.2 Å². The van der Waals surface area contributed by atoms with E-state index in [1.165, 1.54) is 0 Å². The fourth-order valence-electron chi connectivity index (χ4n) is 2.18. The van der Waals surface area contributed by atoms with E-state index in [0.717, 1.165) is 16.9 Å². The summed E-state index contributed by atoms with van der Waals surface area (Å²) in [5.74, 6) is 0.514. The van der Waals surface area contributed by atoms with Crippen molar-refractivity contribution < 1.29 is 17.9 Å². The van der Waals surface area contributed by atoms with Gasteiger partial charge in [-0.25, -0.2) is 13.1 Å². The number of amides is 1. The molecule has 26 heavy (non-hydrogen) atoms. The molecule has 0 saturated heterocycles. The molecule has 0 unspecified atom stereocenters. The van der Waals surface area contributed by atoms with E-state index in [1.54, 1.807) is 24.3 Å². The zero-order valence-corrected chi connectivity index (χ0v) is 15.8. The number of ether oxygens (including phenoxy) is 1. The van der Waals surface area contributed by atoms with Crippen LogP contribution in [0.3, 0.4) is 0 Å². The SMILES string of the molecule is Cc1ccc(OCCNC(=O)CCNS(=O)(=O)c2ccc(C)cc2)cc1. The number of carbonyl (C=O) groups excluding carboxylic acids is 1. The quantitative estimate of drug-likeness (QED) is 0.657. The highest BCUT2D eigenvalue weighted by atomic mass is 32.2. The summed E-state index contributed by atoms with van der Waals surface area (Å²) in [6.07, 6.45) is 0.0651. The van der Waals surface area contributed by atoms with Crippen molar-refractivity contribution in [1.29, 1.82) is 0 Å². The van der Waals surface area contributed by atoms with Crippen LogP contribution >= 0.6 is 0 Å². The highest BCUT2D eigenvalue weighted by Crippen LogP contribution is 2.11. The van der Waals surface area contributed by atoms with Crippen molar-refractivity contribution in [1.82, 2.24) is 10.0 Å². The maximum atomic E-state index is 12.1. The largest absolute Gasteiger partial charge is 0.492 e. The summed E-state index contributed by atoms with van der Waals surface area (Å²) < 4.78 is 32.1. The predicted molar refractivity (Wildman–Crippen MR) is 101 cm³/mol. The van der Waals surface area contributed by atoms with Gasteiger partial charge >= 0.3 is 0 Å². The van der Waals surface area contributed by atoms with Crippen LogP contribution < -0.4 is 14.8 Å². The van der Waals surface area contributed by atoms with Gasteiger partial charge in [0.25, 0.3) is 0 Å². The van der Waals surface area contributed by atoms with Gasteiger partial charge in [0.2, 0.25) is 15.9 Å². The van der Waals surface area contributed by atoms with Gasteiger partial charge in [-0.1, -0.05) is 35.4 Å². The van der Waals surface area contributed by atoms with Gasteiger partial charge in [-0.2, -0.15) is 0 Å². The first kappa shape index (κ1) is 19.9. The summed E-state index contributed by atoms with van der Waals surface area (Å²) >= 11 is 0. The second kappa shape index (κ2) is 9.35. The van der Waals surface area contributed by atoms with Gasteiger partial charge in [-0.15, -0.1) is 0 Å². The lowest BCUT2D eigenvalue weighted by molar-refractivity contribution is -0.121. The van der Waals surface area contributed by atoms with Crippen LogP contribution in [0.25, 0.3) is 0 Å². The monoisotopic (exact) mass is 376 g/mol. The van der Waals surface area contributed by atoms with Crippen LogP contribution in [-0.2, 0) is 14.8 Å². The lowest BCUT2D eigenvalue weighted by Crippen LogP contribution is -2.32. The summed E-state index contributed by atoms with van der Waals surface area (Å²) in [7, 11) is -3.59. The Hall–Kier alpha value is -2.38. The standard InChI is InChI=1S/C19H24N2O4S/c1-15-3-7-17(8-4-15)25-14-13-20-19(22)11-12-21-26(23,24)18-9-5-16(2)6-10-18/h3-10,21H,11-14H2,1-2H3,(H,20,22). The van der Waals surface area contributed by atoms with Gasteiger partial charge in [0.15, 0.2) is 0 Å². The molecular weight excluding hydrogens is 352 g/mol. The minimum atomic E-state index is -3.59. The first-order valence-electron chi connectivity index (χ1n) is 8.39. The highest BCUT2D eigenvalue weighted by molar-refractivity contribution is 7.89. The van der Waals surface area contributed by atoms with E-state index in [0.29, 0.717) is 13.2 Å². The van der Waals surface area contributed by atoms with E-state index in [4.69, 9.17) is 4.74 Å². The molecular formula is C19H24N2O4S. The van der Waals surface area contributed by atoms with Crippen LogP contribution in [0.2, 0.25) is 0 Å². The molecule has 0 aromatic heterocycles. The average molecular weight is 376 g/mol. The maximum Gasteiger partial charge on any atom is 0.240 e. The van der Waals surface area contributed by atoms with Crippen LogP contribution in [0.1, 0.15) is 17.5 Å². The van der Waals surface area contributed by atoms with E-state index in [2.05, 4.69) is 10.0 Å². The molecule has 2 rings (SSSR count). The number of aryl methyl sites for hydroxylation is 2. The number of benzene rings is 2. The normalized spacial score (nSPS) is 11.2. The molecule has 0 aliphatic rings. The summed E-state index contributed by atoms with van der Waals surface area (Å²) in [5.41, 5.74) is 2.13.